The Morgan fingerprint density at radius 3 is 1.13 bits per heavy atom. The number of thiol groups is 1. The lowest BCUT2D eigenvalue weighted by Gasteiger charge is -2.39. The first kappa shape index (κ1) is 88.6. The minimum absolute atomic E-state index is 0. The van der Waals surface area contributed by atoms with Gasteiger partial charge in [-0.1, -0.05) is 143 Å². The Balaban J connectivity index is 0.000000611. The second-order valence-corrected chi connectivity index (χ2v) is 28.9. The number of benzene rings is 4. The van der Waals surface area contributed by atoms with Gasteiger partial charge in [0.1, 0.15) is 74.8 Å². The zero-order valence-electron chi connectivity index (χ0n) is 61.5. The number of fused-ring (bicyclic) bond motifs is 1. The highest BCUT2D eigenvalue weighted by molar-refractivity contribution is 8.76. The van der Waals surface area contributed by atoms with E-state index in [-0.39, 0.29) is 77.7 Å². The van der Waals surface area contributed by atoms with E-state index < -0.39 is 114 Å². The Hall–Kier alpha value is -9.00. The van der Waals surface area contributed by atoms with Crippen molar-refractivity contribution >= 4 is 118 Å². The molecular weight excluding hydrogens is 1470 g/mol. The number of ether oxygens (including phenoxy) is 4. The van der Waals surface area contributed by atoms with Crippen LogP contribution in [0.5, 0.6) is 0 Å². The van der Waals surface area contributed by atoms with E-state index in [1.807, 2.05) is 72.8 Å². The number of amides is 8. The number of hydrogen-bond donors (Lipinski definition) is 15. The van der Waals surface area contributed by atoms with Gasteiger partial charge in [0.25, 0.3) is 0 Å². The summed E-state index contributed by atoms with van der Waals surface area (Å²) >= 11 is 5.67. The number of rotatable bonds is 43. The van der Waals surface area contributed by atoms with Gasteiger partial charge < -0.3 is 98.7 Å². The number of carbonyl (C=O) groups is 12. The van der Waals surface area contributed by atoms with Gasteiger partial charge in [0.2, 0.25) is 23.6 Å². The fraction of sp³-hybridized carbons (Fsp3) is 0.500. The molecule has 2 fully saturated rings. The first-order valence-corrected chi connectivity index (χ1v) is 39.3. The smallest absolute Gasteiger partial charge is 0.408 e. The Bertz CT molecular complexity index is 3280. The summed E-state index contributed by atoms with van der Waals surface area (Å²) in [4.78, 5) is 149. The molecule has 35 heteroatoms. The Morgan fingerprint density at radius 2 is 0.813 bits per heavy atom. The summed E-state index contributed by atoms with van der Waals surface area (Å²) in [5, 5.41) is 55.5. The number of nitrogens with two attached hydrogens (primary N) is 3. The number of nitrogens with zero attached hydrogens (tertiary/aromatic N) is 1. The van der Waals surface area contributed by atoms with Crippen molar-refractivity contribution < 1.29 is 101 Å². The highest BCUT2D eigenvalue weighted by Gasteiger charge is 2.43. The van der Waals surface area contributed by atoms with Crippen LogP contribution in [0.3, 0.4) is 0 Å². The third-order valence-electron chi connectivity index (χ3n) is 16.3. The minimum Gasteiger partial charge on any atom is -0.480 e. The van der Waals surface area contributed by atoms with Gasteiger partial charge in [-0.05, 0) is 156 Å². The van der Waals surface area contributed by atoms with E-state index >= 15 is 0 Å². The van der Waals surface area contributed by atoms with Gasteiger partial charge in [-0.3, -0.25) is 19.2 Å². The third kappa shape index (κ3) is 36.9. The topological polar surface area (TPSA) is 488 Å². The zero-order chi connectivity index (χ0) is 80.1. The first-order valence-electron chi connectivity index (χ1n) is 36.2. The fourth-order valence-electron chi connectivity index (χ4n) is 10.5. The normalized spacial score (nSPS) is 16.1. The molecule has 0 bridgehead atoms. The summed E-state index contributed by atoms with van der Waals surface area (Å²) in [5.74, 6) is -5.17. The van der Waals surface area contributed by atoms with Crippen molar-refractivity contribution in [1.82, 2.24) is 42.1 Å². The van der Waals surface area contributed by atoms with E-state index in [1.165, 1.54) is 26.5 Å². The van der Waals surface area contributed by atoms with Crippen LogP contribution in [-0.4, -0.2) is 194 Å². The van der Waals surface area contributed by atoms with Gasteiger partial charge in [0.15, 0.2) is 0 Å². The van der Waals surface area contributed by atoms with Crippen LogP contribution in [0.4, 0.5) is 19.2 Å². The average molecular weight is 1580 g/mol. The van der Waals surface area contributed by atoms with Crippen molar-refractivity contribution in [3.8, 4) is 0 Å². The van der Waals surface area contributed by atoms with E-state index in [1.54, 1.807) is 60.3 Å². The van der Waals surface area contributed by atoms with E-state index in [9.17, 15) is 78.0 Å². The molecule has 2 saturated heterocycles. The molecule has 1 unspecified atom stereocenters. The molecule has 31 nitrogen and oxygen atoms in total. The van der Waals surface area contributed by atoms with Crippen LogP contribution in [-0.2, 0) is 83.7 Å². The molecule has 2 aliphatic rings. The van der Waals surface area contributed by atoms with E-state index in [2.05, 4.69) is 49.8 Å². The summed E-state index contributed by atoms with van der Waals surface area (Å²) in [6.07, 6.45) is 3.80. The highest BCUT2D eigenvalue weighted by Crippen LogP contribution is 2.34. The zero-order valence-corrected chi connectivity index (χ0v) is 62.9. The van der Waals surface area contributed by atoms with Gasteiger partial charge in [-0.15, -0.1) is 11.8 Å². The van der Waals surface area contributed by atoms with Crippen molar-refractivity contribution in [2.24, 2.45) is 17.2 Å². The molecule has 2 aliphatic heterocycles. The molecular formula is C72H105N11O20S4. The molecule has 4 aromatic carbocycles. The van der Waals surface area contributed by atoms with Crippen LogP contribution in [0.15, 0.2) is 121 Å². The number of aliphatic carboxylic acids is 4. The van der Waals surface area contributed by atoms with Gasteiger partial charge in [0.05, 0.1) is 5.37 Å². The SMILES string of the molecule is NCCCC[C@H](NC(=O)[C@H](CCS)NC(=O)OCc1ccccc1)C(=O)O.NCCCC[C@H](NC(=O)[C@H](CCSSCC[C@H](NC(=O)OCc1ccccc1)C(=O)N[C@@H](CCCCN)C(=O)O)NC(=O)OCc1ccccc1)C(=O)O.O=C(N[C@H]1CCSC2CCC[C@@H](C(=O)O)N2C1=O)OCc1ccccc1.[2H][3H].[3HH]. The molecule has 2 heterocycles. The summed E-state index contributed by atoms with van der Waals surface area (Å²) in [6, 6.07) is 28.1. The number of hydrogen-bond acceptors (Lipinski definition) is 23. The van der Waals surface area contributed by atoms with Gasteiger partial charge in [-0.2, -0.15) is 12.6 Å². The molecule has 17 N–H and O–H groups in total. The number of unbranched alkanes of at least 4 members (excludes halogenated alkanes) is 3. The van der Waals surface area contributed by atoms with Gasteiger partial charge >= 0.3 is 48.3 Å². The van der Waals surface area contributed by atoms with Crippen molar-refractivity contribution in [3.05, 3.63) is 144 Å². The average Bonchev–Trinajstić information content (AvgIpc) is 1.57. The predicted molar refractivity (Wildman–Crippen MR) is 411 cm³/mol. The molecule has 592 valence electrons. The Labute approximate surface area is 644 Å². The second kappa shape index (κ2) is 52.9. The second-order valence-electron chi connectivity index (χ2n) is 24.5. The van der Waals surface area contributed by atoms with E-state index in [4.69, 9.17) is 39.1 Å². The number of thioether (sulfide) groups is 1. The van der Waals surface area contributed by atoms with Crippen LogP contribution in [0, 0.1) is 0 Å². The van der Waals surface area contributed by atoms with Crippen molar-refractivity contribution in [2.45, 2.75) is 183 Å². The molecule has 0 radical (unpaired) electrons. The van der Waals surface area contributed by atoms with Crippen molar-refractivity contribution in [2.75, 3.05) is 42.6 Å². The van der Waals surface area contributed by atoms with Gasteiger partial charge in [0, 0.05) is 15.9 Å². The molecule has 107 heavy (non-hydrogen) atoms. The highest BCUT2D eigenvalue weighted by atomic mass is 33.1. The molecule has 9 atom stereocenters. The quantitative estimate of drug-likeness (QED) is 0.00906. The summed E-state index contributed by atoms with van der Waals surface area (Å²) in [6.45, 7) is 1.33. The minimum atomic E-state index is -1.21. The lowest BCUT2D eigenvalue weighted by Crippen LogP contribution is -2.57. The molecule has 0 saturated carbocycles. The Kier molecular flexibility index (Phi) is 43.8. The van der Waals surface area contributed by atoms with Crippen molar-refractivity contribution in [3.63, 3.8) is 0 Å². The lowest BCUT2D eigenvalue weighted by molar-refractivity contribution is -0.153. The summed E-state index contributed by atoms with van der Waals surface area (Å²) in [7, 11) is 2.65. The lowest BCUT2D eigenvalue weighted by atomic mass is 10.0. The van der Waals surface area contributed by atoms with Crippen LogP contribution < -0.4 is 54.4 Å². The van der Waals surface area contributed by atoms with Crippen molar-refractivity contribution in [1.29, 1.82) is 0 Å². The molecule has 4 aromatic rings. The largest absolute Gasteiger partial charge is 0.480 e. The molecule has 0 aliphatic carbocycles. The van der Waals surface area contributed by atoms with Gasteiger partial charge in [-0.25, -0.2) is 38.4 Å². The summed E-state index contributed by atoms with van der Waals surface area (Å²) < 4.78 is 30.8. The van der Waals surface area contributed by atoms with E-state index in [0.29, 0.717) is 94.0 Å². The van der Waals surface area contributed by atoms with Crippen LogP contribution in [0.2, 0.25) is 0 Å². The maximum atomic E-state index is 13.2. The molecule has 8 amide bonds. The number of piperidine rings is 1. The monoisotopic (exact) mass is 1580 g/mol. The van der Waals surface area contributed by atoms with Crippen LogP contribution in [0.25, 0.3) is 0 Å². The number of nitrogens with one attached hydrogen (secondary N) is 7. The van der Waals surface area contributed by atoms with E-state index in [0.717, 1.165) is 35.1 Å². The number of alkyl carbamates (subject to hydrolysis) is 4. The molecule has 0 spiro atoms. The Morgan fingerprint density at radius 1 is 0.477 bits per heavy atom. The standard InChI is InChI=1S/C36H52N6O10S2.C18H27N3O5S.C18H22N2O5S.2H2/c37-19-9-7-15-29(33(45)46)39-31(43)27(41-35(49)51-23-25-11-3-1-4-12-25)17-21-53-54-22-18-28(32(44)40-30(34(47)48)16-8-10-20-38)42-36(50)52-24-26-13-5-2-6-14-26;19-10-5-4-8-15(17(23)24)20-16(22)14(9-11-27)21-18(25)26-12-13-6-2-1-3-7-13;21-16-13(19-18(24)25-11-12-5-2-1-3-6-12)9-10-26-15-8-4-7-14(17(22)23)20(15)16;;/h1-6,11-14,27-30H,7-10,15-24,37-38H2,(H,39,43)(H,40,44)(H,41,49)(H,42,50)(H,45,46)(H,47,48);1-3,6-7,14-15,27H,4-5,8-12,19H2,(H,20,22)(H,21,25)(H,23,24);1-3,5-6,13-15H,4,7-11H2,(H,19,24)(H,22,23);2*1H/t27-,28-,29-,30-;14-,15-;13-,14-,15?;;/m000../s1/i;;;1+2D;1+2. The maximum absolute atomic E-state index is 13.2. The number of carboxylic acid groups (broad SMARTS) is 4. The molecule has 6 rings (SSSR count). The number of carboxylic acids is 4. The maximum Gasteiger partial charge on any atom is 0.408 e. The fourth-order valence-corrected chi connectivity index (χ4v) is 14.3. The van der Waals surface area contributed by atoms with Crippen LogP contribution in [0.1, 0.15) is 129 Å². The first-order chi connectivity index (χ1) is 52.6. The van der Waals surface area contributed by atoms with Crippen LogP contribution >= 0.6 is 46.0 Å². The summed E-state index contributed by atoms with van der Waals surface area (Å²) in [5.41, 5.74) is 19.6. The third-order valence-corrected chi connectivity index (χ3v) is 20.3. The number of carbonyl (C=O) groups excluding carboxylic acids is 8. The molecule has 0 aromatic heterocycles. The predicted octanol–water partition coefficient (Wildman–Crippen LogP) is 7.14.